The van der Waals surface area contributed by atoms with Crippen LogP contribution in [0.4, 0.5) is 0 Å². The first-order valence-electron chi connectivity index (χ1n) is 11.7. The molecule has 34 heavy (non-hydrogen) atoms. The number of hydrogen-bond donors (Lipinski definition) is 1. The van der Waals surface area contributed by atoms with Crippen LogP contribution in [-0.4, -0.2) is 35.9 Å². The molecule has 1 unspecified atom stereocenters. The molecule has 0 spiro atoms. The van der Waals surface area contributed by atoms with E-state index < -0.39 is 6.04 Å². The zero-order valence-electron chi connectivity index (χ0n) is 20.5. The van der Waals surface area contributed by atoms with Crippen molar-refractivity contribution in [1.29, 1.82) is 0 Å². The van der Waals surface area contributed by atoms with Crippen LogP contribution in [0, 0.1) is 20.8 Å². The number of nitrogens with one attached hydrogen (secondary N) is 1. The van der Waals surface area contributed by atoms with Crippen LogP contribution < -0.4 is 10.1 Å². The van der Waals surface area contributed by atoms with Crippen molar-refractivity contribution in [3.63, 3.8) is 0 Å². The lowest BCUT2D eigenvalue weighted by Gasteiger charge is -2.32. The summed E-state index contributed by atoms with van der Waals surface area (Å²) in [6.07, 6.45) is 0.425. The zero-order valence-corrected chi connectivity index (χ0v) is 20.5. The second-order valence-electron chi connectivity index (χ2n) is 8.58. The van der Waals surface area contributed by atoms with E-state index in [9.17, 15) is 9.59 Å². The Morgan fingerprint density at radius 1 is 0.882 bits per heavy atom. The average molecular weight is 459 g/mol. The highest BCUT2D eigenvalue weighted by Crippen LogP contribution is 2.19. The second kappa shape index (κ2) is 12.0. The molecule has 5 heteroatoms. The van der Waals surface area contributed by atoms with Crippen molar-refractivity contribution in [3.05, 3.63) is 101 Å². The number of nitrogens with zero attached hydrogens (tertiary/aromatic N) is 1. The molecule has 0 saturated heterocycles. The lowest BCUT2D eigenvalue weighted by atomic mass is 10.0. The van der Waals surface area contributed by atoms with E-state index in [1.54, 1.807) is 4.90 Å². The minimum absolute atomic E-state index is 0.140. The van der Waals surface area contributed by atoms with Gasteiger partial charge in [0.25, 0.3) is 5.91 Å². The summed E-state index contributed by atoms with van der Waals surface area (Å²) in [6, 6.07) is 22.9. The van der Waals surface area contributed by atoms with E-state index in [-0.39, 0.29) is 18.4 Å². The normalized spacial score (nSPS) is 11.5. The highest BCUT2D eigenvalue weighted by atomic mass is 16.5. The summed E-state index contributed by atoms with van der Waals surface area (Å²) in [5, 5.41) is 2.92. The van der Waals surface area contributed by atoms with Gasteiger partial charge in [-0.1, -0.05) is 60.7 Å². The number of ether oxygens (including phenoxy) is 1. The maximum absolute atomic E-state index is 13.5. The Morgan fingerprint density at radius 3 is 2.26 bits per heavy atom. The van der Waals surface area contributed by atoms with Crippen molar-refractivity contribution >= 4 is 11.8 Å². The van der Waals surface area contributed by atoms with Gasteiger partial charge in [0.05, 0.1) is 0 Å². The Bertz CT molecular complexity index is 1110. The van der Waals surface area contributed by atoms with Crippen LogP contribution in [0.15, 0.2) is 72.8 Å². The van der Waals surface area contributed by atoms with Crippen LogP contribution in [0.1, 0.15) is 34.7 Å². The molecule has 0 aliphatic heterocycles. The molecular weight excluding hydrogens is 424 g/mol. The van der Waals surface area contributed by atoms with Crippen molar-refractivity contribution in [3.8, 4) is 5.75 Å². The third kappa shape index (κ3) is 6.70. The average Bonchev–Trinajstić information content (AvgIpc) is 2.83. The fourth-order valence-corrected chi connectivity index (χ4v) is 3.85. The SMILES string of the molecule is CCNC(=O)C(Cc1ccccc1)N(Cc1ccccc1C)C(=O)COc1ccc(C)c(C)c1. The van der Waals surface area contributed by atoms with Gasteiger partial charge in [-0.25, -0.2) is 0 Å². The van der Waals surface area contributed by atoms with Gasteiger partial charge in [-0.15, -0.1) is 0 Å². The van der Waals surface area contributed by atoms with Crippen molar-refractivity contribution in [2.75, 3.05) is 13.2 Å². The van der Waals surface area contributed by atoms with E-state index in [2.05, 4.69) is 5.32 Å². The van der Waals surface area contributed by atoms with E-state index in [0.29, 0.717) is 25.3 Å². The summed E-state index contributed by atoms with van der Waals surface area (Å²) >= 11 is 0. The summed E-state index contributed by atoms with van der Waals surface area (Å²) in [4.78, 5) is 28.4. The van der Waals surface area contributed by atoms with Crippen LogP contribution in [0.2, 0.25) is 0 Å². The van der Waals surface area contributed by atoms with E-state index in [0.717, 1.165) is 22.3 Å². The standard InChI is InChI=1S/C29H34N2O3/c1-5-30-29(33)27(18-24-12-7-6-8-13-24)31(19-25-14-10-9-11-22(25)3)28(32)20-34-26-16-15-21(2)23(4)17-26/h6-17,27H,5,18-20H2,1-4H3,(H,30,33). The third-order valence-corrected chi connectivity index (χ3v) is 6.06. The molecule has 0 radical (unpaired) electrons. The Balaban J connectivity index is 1.90. The number of hydrogen-bond acceptors (Lipinski definition) is 3. The van der Waals surface area contributed by atoms with Crippen molar-refractivity contribution in [2.45, 2.75) is 46.7 Å². The quantitative estimate of drug-likeness (QED) is 0.476. The van der Waals surface area contributed by atoms with Crippen LogP contribution in [-0.2, 0) is 22.6 Å². The minimum atomic E-state index is -0.655. The van der Waals surface area contributed by atoms with E-state index in [4.69, 9.17) is 4.74 Å². The molecule has 0 aliphatic rings. The van der Waals surface area contributed by atoms with Gasteiger partial charge in [0.2, 0.25) is 5.91 Å². The second-order valence-corrected chi connectivity index (χ2v) is 8.58. The first-order chi connectivity index (χ1) is 16.4. The Labute approximate surface area is 202 Å². The maximum Gasteiger partial charge on any atom is 0.261 e. The highest BCUT2D eigenvalue weighted by Gasteiger charge is 2.30. The fraction of sp³-hybridized carbons (Fsp3) is 0.310. The minimum Gasteiger partial charge on any atom is -0.484 e. The summed E-state index contributed by atoms with van der Waals surface area (Å²) in [5.41, 5.74) is 5.34. The molecule has 3 aromatic rings. The molecule has 1 N–H and O–H groups in total. The number of carbonyl (C=O) groups is 2. The zero-order chi connectivity index (χ0) is 24.5. The molecule has 3 rings (SSSR count). The molecule has 1 atom stereocenters. The molecule has 2 amide bonds. The number of benzene rings is 3. The Morgan fingerprint density at radius 2 is 1.59 bits per heavy atom. The van der Waals surface area contributed by atoms with Gasteiger partial charge in [-0.3, -0.25) is 9.59 Å². The smallest absolute Gasteiger partial charge is 0.261 e. The molecule has 0 aromatic heterocycles. The fourth-order valence-electron chi connectivity index (χ4n) is 3.85. The van der Waals surface area contributed by atoms with Crippen LogP contribution in [0.5, 0.6) is 5.75 Å². The van der Waals surface area contributed by atoms with Gasteiger partial charge < -0.3 is 15.0 Å². The molecule has 0 saturated carbocycles. The monoisotopic (exact) mass is 458 g/mol. The predicted octanol–water partition coefficient (Wildman–Crippen LogP) is 4.77. The van der Waals surface area contributed by atoms with E-state index in [1.165, 1.54) is 5.56 Å². The van der Waals surface area contributed by atoms with Gasteiger partial charge in [0.1, 0.15) is 11.8 Å². The molecule has 0 heterocycles. The predicted molar refractivity (Wildman–Crippen MR) is 136 cm³/mol. The summed E-state index contributed by atoms with van der Waals surface area (Å²) in [6.45, 7) is 8.63. The summed E-state index contributed by atoms with van der Waals surface area (Å²) < 4.78 is 5.87. The maximum atomic E-state index is 13.5. The van der Waals surface area contributed by atoms with Crippen LogP contribution >= 0.6 is 0 Å². The number of aryl methyl sites for hydroxylation is 3. The van der Waals surface area contributed by atoms with Crippen LogP contribution in [0.25, 0.3) is 0 Å². The largest absolute Gasteiger partial charge is 0.484 e. The van der Waals surface area contributed by atoms with Gasteiger partial charge in [-0.05, 0) is 67.6 Å². The van der Waals surface area contributed by atoms with Gasteiger partial charge in [0.15, 0.2) is 6.61 Å². The van der Waals surface area contributed by atoms with Gasteiger partial charge >= 0.3 is 0 Å². The molecule has 3 aromatic carbocycles. The topological polar surface area (TPSA) is 58.6 Å². The molecular formula is C29H34N2O3. The number of carbonyl (C=O) groups excluding carboxylic acids is 2. The van der Waals surface area contributed by atoms with E-state index in [1.807, 2.05) is 100 Å². The lowest BCUT2D eigenvalue weighted by Crippen LogP contribution is -2.51. The van der Waals surface area contributed by atoms with Crippen molar-refractivity contribution < 1.29 is 14.3 Å². The van der Waals surface area contributed by atoms with Crippen molar-refractivity contribution in [1.82, 2.24) is 10.2 Å². The number of likely N-dealkylation sites (N-methyl/N-ethyl adjacent to an activating group) is 1. The van der Waals surface area contributed by atoms with Gasteiger partial charge in [0, 0.05) is 19.5 Å². The Hall–Kier alpha value is -3.60. The number of rotatable bonds is 10. The Kier molecular flexibility index (Phi) is 8.86. The first-order valence-corrected chi connectivity index (χ1v) is 11.7. The summed E-state index contributed by atoms with van der Waals surface area (Å²) in [7, 11) is 0. The van der Waals surface area contributed by atoms with Gasteiger partial charge in [-0.2, -0.15) is 0 Å². The lowest BCUT2D eigenvalue weighted by molar-refractivity contribution is -0.142. The van der Waals surface area contributed by atoms with Crippen molar-refractivity contribution in [2.24, 2.45) is 0 Å². The molecule has 0 aliphatic carbocycles. The van der Waals surface area contributed by atoms with Crippen LogP contribution in [0.3, 0.4) is 0 Å². The molecule has 178 valence electrons. The molecule has 0 fully saturated rings. The third-order valence-electron chi connectivity index (χ3n) is 6.06. The first kappa shape index (κ1) is 25.0. The number of amides is 2. The summed E-state index contributed by atoms with van der Waals surface area (Å²) in [5.74, 6) is 0.248. The molecule has 0 bridgehead atoms. The highest BCUT2D eigenvalue weighted by molar-refractivity contribution is 5.88. The van der Waals surface area contributed by atoms with E-state index >= 15 is 0 Å². The molecule has 5 nitrogen and oxygen atoms in total.